The second-order valence-electron chi connectivity index (χ2n) is 3.54. The minimum atomic E-state index is 0.115. The average Bonchev–Trinajstić information content (AvgIpc) is 2.65. The Morgan fingerprint density at radius 2 is 1.73 bits per heavy atom. The van der Waals surface area contributed by atoms with E-state index in [-0.39, 0.29) is 5.78 Å². The first-order valence-electron chi connectivity index (χ1n) is 4.84. The Labute approximate surface area is 93.4 Å². The zero-order chi connectivity index (χ0) is 10.8. The lowest BCUT2D eigenvalue weighted by Crippen LogP contribution is -1.90. The highest BCUT2D eigenvalue weighted by atomic mass is 32.1. The van der Waals surface area contributed by atoms with Crippen LogP contribution < -0.4 is 0 Å². The number of hydrogen-bond donors (Lipinski definition) is 0. The van der Waals surface area contributed by atoms with E-state index < -0.39 is 0 Å². The van der Waals surface area contributed by atoms with E-state index in [0.717, 1.165) is 5.56 Å². The fourth-order valence-electron chi connectivity index (χ4n) is 1.46. The third-order valence-electron chi connectivity index (χ3n) is 2.32. The summed E-state index contributed by atoms with van der Waals surface area (Å²) in [5.74, 6) is 0.115. The molecule has 15 heavy (non-hydrogen) atoms. The molecule has 0 bridgehead atoms. The highest BCUT2D eigenvalue weighted by molar-refractivity contribution is 7.15. The molecule has 0 fully saturated rings. The number of rotatable bonds is 2. The summed E-state index contributed by atoms with van der Waals surface area (Å²) in [4.78, 5) is 13.7. The third-order valence-corrected chi connectivity index (χ3v) is 3.37. The van der Waals surface area contributed by atoms with Crippen LogP contribution in [0, 0.1) is 6.92 Å². The second kappa shape index (κ2) is 3.99. The molecule has 0 unspecified atom stereocenters. The maximum atomic E-state index is 11.1. The van der Waals surface area contributed by atoms with Crippen LogP contribution in [-0.4, -0.2) is 5.78 Å². The topological polar surface area (TPSA) is 17.1 Å². The zero-order valence-corrected chi connectivity index (χ0v) is 9.60. The molecule has 2 rings (SSSR count). The SMILES string of the molecule is CC(=O)c1ccc(-c2ccc(C)s2)cc1. The summed E-state index contributed by atoms with van der Waals surface area (Å²) in [5, 5.41) is 0. The second-order valence-corrected chi connectivity index (χ2v) is 4.83. The highest BCUT2D eigenvalue weighted by Crippen LogP contribution is 2.27. The summed E-state index contributed by atoms with van der Waals surface area (Å²) in [5.41, 5.74) is 1.95. The first-order valence-corrected chi connectivity index (χ1v) is 5.66. The number of aryl methyl sites for hydroxylation is 1. The van der Waals surface area contributed by atoms with E-state index in [2.05, 4.69) is 19.1 Å². The number of ketones is 1. The van der Waals surface area contributed by atoms with Gasteiger partial charge in [0.1, 0.15) is 0 Å². The van der Waals surface area contributed by atoms with Crippen molar-refractivity contribution in [1.29, 1.82) is 0 Å². The Kier molecular flexibility index (Phi) is 2.69. The molecule has 1 heterocycles. The molecule has 0 aliphatic rings. The quantitative estimate of drug-likeness (QED) is 0.695. The lowest BCUT2D eigenvalue weighted by atomic mass is 10.1. The molecule has 0 radical (unpaired) electrons. The molecule has 1 aromatic carbocycles. The number of carbonyl (C=O) groups is 1. The Morgan fingerprint density at radius 1 is 1.07 bits per heavy atom. The predicted octanol–water partition coefficient (Wildman–Crippen LogP) is 3.93. The zero-order valence-electron chi connectivity index (χ0n) is 8.78. The molecule has 2 heteroatoms. The molecule has 0 spiro atoms. The lowest BCUT2D eigenvalue weighted by molar-refractivity contribution is 0.101. The van der Waals surface area contributed by atoms with Gasteiger partial charge in [0, 0.05) is 15.3 Å². The number of benzene rings is 1. The van der Waals surface area contributed by atoms with Crippen molar-refractivity contribution in [1.82, 2.24) is 0 Å². The molecule has 1 nitrogen and oxygen atoms in total. The Hall–Kier alpha value is -1.41. The summed E-state index contributed by atoms with van der Waals surface area (Å²) < 4.78 is 0. The van der Waals surface area contributed by atoms with Crippen molar-refractivity contribution in [3.63, 3.8) is 0 Å². The van der Waals surface area contributed by atoms with E-state index in [1.807, 2.05) is 24.3 Å². The number of carbonyl (C=O) groups excluding carboxylic acids is 1. The van der Waals surface area contributed by atoms with Crippen LogP contribution in [0.3, 0.4) is 0 Å². The molecule has 0 saturated heterocycles. The van der Waals surface area contributed by atoms with E-state index >= 15 is 0 Å². The summed E-state index contributed by atoms with van der Waals surface area (Å²) >= 11 is 1.77. The molecule has 2 aromatic rings. The highest BCUT2D eigenvalue weighted by Gasteiger charge is 2.02. The third kappa shape index (κ3) is 2.16. The van der Waals surface area contributed by atoms with Gasteiger partial charge in [0.25, 0.3) is 0 Å². The first-order chi connectivity index (χ1) is 7.16. The van der Waals surface area contributed by atoms with Gasteiger partial charge >= 0.3 is 0 Å². The normalized spacial score (nSPS) is 10.3. The summed E-state index contributed by atoms with van der Waals surface area (Å²) in [6.45, 7) is 3.68. The largest absolute Gasteiger partial charge is 0.295 e. The van der Waals surface area contributed by atoms with Crippen molar-refractivity contribution < 1.29 is 4.79 Å². The molecular weight excluding hydrogens is 204 g/mol. The van der Waals surface area contributed by atoms with Gasteiger partial charge in [0.05, 0.1) is 0 Å². The molecule has 0 atom stereocenters. The number of thiophene rings is 1. The van der Waals surface area contributed by atoms with E-state index in [1.165, 1.54) is 15.3 Å². The maximum Gasteiger partial charge on any atom is 0.159 e. The van der Waals surface area contributed by atoms with Crippen LogP contribution >= 0.6 is 11.3 Å². The molecular formula is C13H12OS. The van der Waals surface area contributed by atoms with Crippen LogP contribution in [0.1, 0.15) is 22.2 Å². The van der Waals surface area contributed by atoms with Gasteiger partial charge in [0.15, 0.2) is 5.78 Å². The van der Waals surface area contributed by atoms with Crippen LogP contribution in [0.4, 0.5) is 0 Å². The molecule has 0 aliphatic carbocycles. The number of hydrogen-bond acceptors (Lipinski definition) is 2. The summed E-state index contributed by atoms with van der Waals surface area (Å²) in [6, 6.07) is 12.0. The van der Waals surface area contributed by atoms with Crippen molar-refractivity contribution in [2.24, 2.45) is 0 Å². The summed E-state index contributed by atoms with van der Waals surface area (Å²) in [6.07, 6.45) is 0. The van der Waals surface area contributed by atoms with Crippen LogP contribution in [0.5, 0.6) is 0 Å². The fraction of sp³-hybridized carbons (Fsp3) is 0.154. The Balaban J connectivity index is 2.35. The van der Waals surface area contributed by atoms with Crippen LogP contribution in [-0.2, 0) is 0 Å². The van der Waals surface area contributed by atoms with Crippen LogP contribution in [0.2, 0.25) is 0 Å². The van der Waals surface area contributed by atoms with Gasteiger partial charge in [-0.15, -0.1) is 11.3 Å². The molecule has 0 N–H and O–H groups in total. The van der Waals surface area contributed by atoms with Crippen molar-refractivity contribution in [2.45, 2.75) is 13.8 Å². The Bertz CT molecular complexity index is 479. The number of Topliss-reactive ketones (excluding diaryl/α,β-unsaturated/α-hetero) is 1. The summed E-state index contributed by atoms with van der Waals surface area (Å²) in [7, 11) is 0. The van der Waals surface area contributed by atoms with Crippen molar-refractivity contribution in [3.8, 4) is 10.4 Å². The minimum absolute atomic E-state index is 0.115. The molecule has 0 amide bonds. The molecule has 1 aromatic heterocycles. The van der Waals surface area contributed by atoms with Crippen LogP contribution in [0.15, 0.2) is 36.4 Å². The monoisotopic (exact) mass is 216 g/mol. The van der Waals surface area contributed by atoms with Crippen molar-refractivity contribution >= 4 is 17.1 Å². The first kappa shape index (κ1) is 10.1. The van der Waals surface area contributed by atoms with Gasteiger partial charge in [-0.2, -0.15) is 0 Å². The van der Waals surface area contributed by atoms with Crippen LogP contribution in [0.25, 0.3) is 10.4 Å². The molecule has 76 valence electrons. The van der Waals surface area contributed by atoms with Gasteiger partial charge in [-0.05, 0) is 31.5 Å². The standard InChI is InChI=1S/C13H12OS/c1-9-3-8-13(15-9)12-6-4-11(5-7-12)10(2)14/h3-8H,1-2H3. The predicted molar refractivity (Wildman–Crippen MR) is 64.5 cm³/mol. The smallest absolute Gasteiger partial charge is 0.159 e. The van der Waals surface area contributed by atoms with Crippen molar-refractivity contribution in [2.75, 3.05) is 0 Å². The van der Waals surface area contributed by atoms with Gasteiger partial charge in [0.2, 0.25) is 0 Å². The van der Waals surface area contributed by atoms with Gasteiger partial charge in [-0.25, -0.2) is 0 Å². The van der Waals surface area contributed by atoms with E-state index in [0.29, 0.717) is 0 Å². The van der Waals surface area contributed by atoms with Gasteiger partial charge < -0.3 is 0 Å². The molecule has 0 saturated carbocycles. The van der Waals surface area contributed by atoms with E-state index in [1.54, 1.807) is 18.3 Å². The Morgan fingerprint density at radius 3 is 2.20 bits per heavy atom. The van der Waals surface area contributed by atoms with Crippen molar-refractivity contribution in [3.05, 3.63) is 46.8 Å². The van der Waals surface area contributed by atoms with E-state index in [9.17, 15) is 4.79 Å². The maximum absolute atomic E-state index is 11.1. The minimum Gasteiger partial charge on any atom is -0.295 e. The van der Waals surface area contributed by atoms with E-state index in [4.69, 9.17) is 0 Å². The van der Waals surface area contributed by atoms with Gasteiger partial charge in [-0.3, -0.25) is 4.79 Å². The average molecular weight is 216 g/mol. The lowest BCUT2D eigenvalue weighted by Gasteiger charge is -1.98. The molecule has 0 aliphatic heterocycles. The fourth-order valence-corrected chi connectivity index (χ4v) is 2.33. The van der Waals surface area contributed by atoms with Gasteiger partial charge in [-0.1, -0.05) is 24.3 Å².